The maximum atomic E-state index is 13.8. The SMILES string of the molecule is CC(C)C(NC(=O)CCc1ccc(Br)cc1F)c1nc(C2CC2)no1. The maximum Gasteiger partial charge on any atom is 0.249 e. The number of carbonyl (C=O) groups excluding carboxylic acids is 1. The summed E-state index contributed by atoms with van der Waals surface area (Å²) in [5.41, 5.74) is 0.522. The largest absolute Gasteiger partial charge is 0.344 e. The van der Waals surface area contributed by atoms with E-state index in [0.29, 0.717) is 28.3 Å². The summed E-state index contributed by atoms with van der Waals surface area (Å²) in [6, 6.07) is 4.53. The Morgan fingerprint density at radius 1 is 1.44 bits per heavy atom. The van der Waals surface area contributed by atoms with Crippen molar-refractivity contribution in [2.45, 2.75) is 51.5 Å². The topological polar surface area (TPSA) is 68.0 Å². The highest BCUT2D eigenvalue weighted by Gasteiger charge is 2.31. The van der Waals surface area contributed by atoms with Gasteiger partial charge in [-0.1, -0.05) is 41.0 Å². The zero-order valence-electron chi connectivity index (χ0n) is 14.3. The summed E-state index contributed by atoms with van der Waals surface area (Å²) in [5.74, 6) is 1.22. The van der Waals surface area contributed by atoms with Crippen LogP contribution in [0.5, 0.6) is 0 Å². The summed E-state index contributed by atoms with van der Waals surface area (Å²) in [6.07, 6.45) is 2.73. The lowest BCUT2D eigenvalue weighted by Crippen LogP contribution is -2.32. The van der Waals surface area contributed by atoms with Crippen LogP contribution in [0.4, 0.5) is 4.39 Å². The molecule has 1 aromatic carbocycles. The lowest BCUT2D eigenvalue weighted by Gasteiger charge is -2.18. The van der Waals surface area contributed by atoms with Gasteiger partial charge in [0.2, 0.25) is 11.8 Å². The van der Waals surface area contributed by atoms with Crippen LogP contribution in [0.2, 0.25) is 0 Å². The molecular weight excluding hydrogens is 389 g/mol. The summed E-state index contributed by atoms with van der Waals surface area (Å²) in [4.78, 5) is 16.7. The molecule has 1 amide bonds. The normalized spacial score (nSPS) is 15.4. The quantitative estimate of drug-likeness (QED) is 0.739. The van der Waals surface area contributed by atoms with Gasteiger partial charge in [0, 0.05) is 16.8 Å². The van der Waals surface area contributed by atoms with E-state index in [4.69, 9.17) is 4.52 Å². The van der Waals surface area contributed by atoms with Gasteiger partial charge in [0.15, 0.2) is 5.82 Å². The molecule has 0 spiro atoms. The summed E-state index contributed by atoms with van der Waals surface area (Å²) in [7, 11) is 0. The number of aromatic nitrogens is 2. The molecule has 0 aliphatic heterocycles. The smallest absolute Gasteiger partial charge is 0.249 e. The third kappa shape index (κ3) is 4.66. The highest BCUT2D eigenvalue weighted by Crippen LogP contribution is 2.38. The fourth-order valence-electron chi connectivity index (χ4n) is 2.61. The highest BCUT2D eigenvalue weighted by molar-refractivity contribution is 9.10. The van der Waals surface area contributed by atoms with Crippen LogP contribution in [0, 0.1) is 11.7 Å². The number of halogens is 2. The molecule has 5 nitrogen and oxygen atoms in total. The van der Waals surface area contributed by atoms with Crippen molar-refractivity contribution in [3.05, 3.63) is 45.8 Å². The molecule has 1 unspecified atom stereocenters. The van der Waals surface area contributed by atoms with Crippen molar-refractivity contribution < 1.29 is 13.7 Å². The zero-order chi connectivity index (χ0) is 18.0. The van der Waals surface area contributed by atoms with E-state index in [2.05, 4.69) is 31.4 Å². The number of amides is 1. The first kappa shape index (κ1) is 18.0. The number of hydrogen-bond donors (Lipinski definition) is 1. The molecule has 2 aromatic rings. The van der Waals surface area contributed by atoms with E-state index in [0.717, 1.165) is 18.7 Å². The van der Waals surface area contributed by atoms with Crippen molar-refractivity contribution >= 4 is 21.8 Å². The van der Waals surface area contributed by atoms with E-state index in [1.54, 1.807) is 12.1 Å². The Kier molecular flexibility index (Phi) is 5.51. The van der Waals surface area contributed by atoms with Gasteiger partial charge in [-0.05, 0) is 42.9 Å². The second kappa shape index (κ2) is 7.64. The zero-order valence-corrected chi connectivity index (χ0v) is 15.8. The monoisotopic (exact) mass is 409 g/mol. The predicted molar refractivity (Wildman–Crippen MR) is 94.4 cm³/mol. The third-order valence-electron chi connectivity index (χ3n) is 4.29. The number of rotatable bonds is 7. The van der Waals surface area contributed by atoms with Crippen LogP contribution in [0.1, 0.15) is 62.3 Å². The maximum absolute atomic E-state index is 13.8. The van der Waals surface area contributed by atoms with E-state index in [1.165, 1.54) is 6.07 Å². The highest BCUT2D eigenvalue weighted by atomic mass is 79.9. The summed E-state index contributed by atoms with van der Waals surface area (Å²) in [5, 5.41) is 6.95. The molecule has 7 heteroatoms. The Morgan fingerprint density at radius 3 is 2.84 bits per heavy atom. The van der Waals surface area contributed by atoms with E-state index in [9.17, 15) is 9.18 Å². The third-order valence-corrected chi connectivity index (χ3v) is 4.78. The van der Waals surface area contributed by atoms with Crippen molar-refractivity contribution in [2.24, 2.45) is 5.92 Å². The summed E-state index contributed by atoms with van der Waals surface area (Å²) in [6.45, 7) is 3.97. The van der Waals surface area contributed by atoms with E-state index < -0.39 is 0 Å². The first-order valence-electron chi connectivity index (χ1n) is 8.51. The molecule has 1 fully saturated rings. The molecule has 1 atom stereocenters. The van der Waals surface area contributed by atoms with E-state index >= 15 is 0 Å². The molecule has 1 N–H and O–H groups in total. The Hall–Kier alpha value is -1.76. The van der Waals surface area contributed by atoms with Crippen molar-refractivity contribution in [2.75, 3.05) is 0 Å². The minimum Gasteiger partial charge on any atom is -0.344 e. The molecule has 1 heterocycles. The van der Waals surface area contributed by atoms with Gasteiger partial charge >= 0.3 is 0 Å². The van der Waals surface area contributed by atoms with E-state index in [1.807, 2.05) is 13.8 Å². The summed E-state index contributed by atoms with van der Waals surface area (Å²) >= 11 is 3.22. The lowest BCUT2D eigenvalue weighted by atomic mass is 10.0. The molecule has 3 rings (SSSR count). The summed E-state index contributed by atoms with van der Waals surface area (Å²) < 4.78 is 19.9. The molecule has 0 bridgehead atoms. The number of benzene rings is 1. The molecular formula is C18H21BrFN3O2. The minimum absolute atomic E-state index is 0.112. The Bertz CT molecular complexity index is 759. The van der Waals surface area contributed by atoms with E-state index in [-0.39, 0.29) is 30.1 Å². The van der Waals surface area contributed by atoms with Crippen LogP contribution in [0.3, 0.4) is 0 Å². The number of aryl methyl sites for hydroxylation is 1. The van der Waals surface area contributed by atoms with Crippen LogP contribution in [0.25, 0.3) is 0 Å². The first-order chi connectivity index (χ1) is 11.9. The molecule has 1 aliphatic carbocycles. The average Bonchev–Trinajstić information content (AvgIpc) is 3.29. The standard InChI is InChI=1S/C18H21BrFN3O2/c1-10(2)16(18-22-17(23-25-18)12-3-4-12)21-15(24)8-6-11-5-7-13(19)9-14(11)20/h5,7,9-10,12,16H,3-4,6,8H2,1-2H3,(H,21,24). The van der Waals surface area contributed by atoms with Gasteiger partial charge in [-0.3, -0.25) is 4.79 Å². The van der Waals surface area contributed by atoms with Crippen molar-refractivity contribution in [1.29, 1.82) is 0 Å². The van der Waals surface area contributed by atoms with Crippen molar-refractivity contribution in [3.63, 3.8) is 0 Å². The first-order valence-corrected chi connectivity index (χ1v) is 9.30. The molecule has 0 saturated heterocycles. The molecule has 1 saturated carbocycles. The van der Waals surface area contributed by atoms with Crippen molar-refractivity contribution in [3.8, 4) is 0 Å². The second-order valence-electron chi connectivity index (χ2n) is 6.79. The van der Waals surface area contributed by atoms with Crippen LogP contribution in [-0.2, 0) is 11.2 Å². The van der Waals surface area contributed by atoms with Gasteiger partial charge in [0.25, 0.3) is 0 Å². The van der Waals surface area contributed by atoms with Crippen molar-refractivity contribution in [1.82, 2.24) is 15.5 Å². The Labute approximate surface area is 154 Å². The second-order valence-corrected chi connectivity index (χ2v) is 7.71. The number of nitrogens with one attached hydrogen (secondary N) is 1. The number of nitrogens with zero attached hydrogens (tertiary/aromatic N) is 2. The fourth-order valence-corrected chi connectivity index (χ4v) is 2.95. The van der Waals surface area contributed by atoms with Crippen LogP contribution in [-0.4, -0.2) is 16.0 Å². The molecule has 25 heavy (non-hydrogen) atoms. The van der Waals surface area contributed by atoms with Gasteiger partial charge in [-0.25, -0.2) is 4.39 Å². The number of carbonyl (C=O) groups is 1. The Morgan fingerprint density at radius 2 is 2.20 bits per heavy atom. The molecule has 1 aromatic heterocycles. The van der Waals surface area contributed by atoms with Gasteiger partial charge in [-0.2, -0.15) is 4.98 Å². The van der Waals surface area contributed by atoms with Crippen LogP contribution >= 0.6 is 15.9 Å². The van der Waals surface area contributed by atoms with Crippen LogP contribution < -0.4 is 5.32 Å². The van der Waals surface area contributed by atoms with Crippen LogP contribution in [0.15, 0.2) is 27.2 Å². The average molecular weight is 410 g/mol. The molecule has 134 valence electrons. The Balaban J connectivity index is 1.60. The predicted octanol–water partition coefficient (Wildman–Crippen LogP) is 4.29. The lowest BCUT2D eigenvalue weighted by molar-refractivity contribution is -0.122. The molecule has 0 radical (unpaired) electrons. The van der Waals surface area contributed by atoms with Gasteiger partial charge in [-0.15, -0.1) is 0 Å². The van der Waals surface area contributed by atoms with Gasteiger partial charge in [0.05, 0.1) is 0 Å². The minimum atomic E-state index is -0.331. The van der Waals surface area contributed by atoms with Gasteiger partial charge < -0.3 is 9.84 Å². The number of hydrogen-bond acceptors (Lipinski definition) is 4. The fraction of sp³-hybridized carbons (Fsp3) is 0.500. The van der Waals surface area contributed by atoms with Gasteiger partial charge in [0.1, 0.15) is 11.9 Å². The molecule has 1 aliphatic rings.